The number of unbranched alkanes of at least 4 members (excludes halogenated alkanes) is 9. The van der Waals surface area contributed by atoms with Crippen molar-refractivity contribution >= 4 is 12.6 Å². The van der Waals surface area contributed by atoms with Gasteiger partial charge in [0.1, 0.15) is 5.82 Å². The fraction of sp³-hybridized carbons (Fsp3) is 0.667. The molecule has 1 aromatic rings. The van der Waals surface area contributed by atoms with Crippen LogP contribution in [-0.4, -0.2) is 0 Å². The number of halogens is 1. The minimum atomic E-state index is -0.196. The van der Waals surface area contributed by atoms with Crippen LogP contribution in [0.3, 0.4) is 0 Å². The van der Waals surface area contributed by atoms with E-state index in [9.17, 15) is 4.39 Å². The molecule has 0 radical (unpaired) electrons. The molecule has 0 aliphatic heterocycles. The molecule has 0 bridgehead atoms. The second kappa shape index (κ2) is 11.2. The monoisotopic (exact) mass is 296 g/mol. The maximum Gasteiger partial charge on any atom is 0.136 e. The first kappa shape index (κ1) is 17.6. The van der Waals surface area contributed by atoms with Crippen LogP contribution in [0, 0.1) is 5.82 Å². The van der Waals surface area contributed by atoms with Crippen molar-refractivity contribution in [1.82, 2.24) is 0 Å². The molecular weight excluding hydrogens is 267 g/mol. The van der Waals surface area contributed by atoms with E-state index in [1.165, 1.54) is 64.2 Å². The number of benzene rings is 1. The minimum absolute atomic E-state index is 0.196. The maximum absolute atomic E-state index is 13.3. The Morgan fingerprint density at radius 2 is 1.40 bits per heavy atom. The second-order valence-electron chi connectivity index (χ2n) is 5.72. The zero-order valence-corrected chi connectivity index (χ0v) is 13.7. The predicted molar refractivity (Wildman–Crippen MR) is 89.2 cm³/mol. The molecule has 1 rings (SSSR count). The van der Waals surface area contributed by atoms with Gasteiger partial charge in [0.15, 0.2) is 0 Å². The Hall–Kier alpha value is -0.500. The summed E-state index contributed by atoms with van der Waals surface area (Å²) >= 11 is 4.05. The number of hydrogen-bond donors (Lipinski definition) is 1. The Kier molecular flexibility index (Phi) is 9.82. The highest BCUT2D eigenvalue weighted by Gasteiger charge is 2.00. The van der Waals surface area contributed by atoms with Gasteiger partial charge in [-0.05, 0) is 30.5 Å². The van der Waals surface area contributed by atoms with Crippen molar-refractivity contribution in [3.8, 4) is 0 Å². The van der Waals surface area contributed by atoms with Crippen molar-refractivity contribution in [3.63, 3.8) is 0 Å². The number of rotatable bonds is 11. The third-order valence-corrected chi connectivity index (χ3v) is 4.19. The fourth-order valence-electron chi connectivity index (χ4n) is 2.52. The second-order valence-corrected chi connectivity index (χ2v) is 6.20. The Labute approximate surface area is 129 Å². The van der Waals surface area contributed by atoms with E-state index in [4.69, 9.17) is 0 Å². The zero-order chi connectivity index (χ0) is 14.6. The first-order valence-corrected chi connectivity index (χ1v) is 8.66. The van der Waals surface area contributed by atoms with E-state index < -0.39 is 0 Å². The largest absolute Gasteiger partial charge is 0.206 e. The summed E-state index contributed by atoms with van der Waals surface area (Å²) in [4.78, 5) is 0.442. The van der Waals surface area contributed by atoms with E-state index in [1.54, 1.807) is 12.1 Å². The third-order valence-electron chi connectivity index (χ3n) is 3.83. The molecule has 0 saturated heterocycles. The molecule has 0 nitrogen and oxygen atoms in total. The van der Waals surface area contributed by atoms with Crippen LogP contribution in [0.25, 0.3) is 0 Å². The van der Waals surface area contributed by atoms with E-state index in [1.807, 2.05) is 6.07 Å². The van der Waals surface area contributed by atoms with E-state index in [0.29, 0.717) is 4.90 Å². The first-order valence-electron chi connectivity index (χ1n) is 8.21. The van der Waals surface area contributed by atoms with Gasteiger partial charge in [0, 0.05) is 4.90 Å². The molecule has 0 aliphatic rings. The normalized spacial score (nSPS) is 10.9. The first-order chi connectivity index (χ1) is 9.74. The van der Waals surface area contributed by atoms with Gasteiger partial charge in [-0.25, -0.2) is 4.39 Å². The Morgan fingerprint density at radius 1 is 0.850 bits per heavy atom. The Bertz CT molecular complexity index is 362. The Balaban J connectivity index is 1.95. The van der Waals surface area contributed by atoms with Crippen molar-refractivity contribution in [2.75, 3.05) is 0 Å². The average Bonchev–Trinajstić information content (AvgIpc) is 2.45. The highest BCUT2D eigenvalue weighted by Crippen LogP contribution is 2.16. The summed E-state index contributed by atoms with van der Waals surface area (Å²) < 4.78 is 13.3. The van der Waals surface area contributed by atoms with Gasteiger partial charge in [-0.1, -0.05) is 70.8 Å². The van der Waals surface area contributed by atoms with Crippen molar-refractivity contribution in [2.45, 2.75) is 82.4 Å². The summed E-state index contributed by atoms with van der Waals surface area (Å²) in [6, 6.07) is 5.36. The van der Waals surface area contributed by atoms with Crippen molar-refractivity contribution < 1.29 is 4.39 Å². The predicted octanol–water partition coefficient (Wildman–Crippen LogP) is 6.58. The average molecular weight is 296 g/mol. The molecule has 0 N–H and O–H groups in total. The zero-order valence-electron chi connectivity index (χ0n) is 12.8. The van der Waals surface area contributed by atoms with Crippen molar-refractivity contribution in [1.29, 1.82) is 0 Å². The molecule has 0 atom stereocenters. The number of hydrogen-bond acceptors (Lipinski definition) is 1. The van der Waals surface area contributed by atoms with Gasteiger partial charge in [-0.2, -0.15) is 0 Å². The summed E-state index contributed by atoms with van der Waals surface area (Å²) in [7, 11) is 0. The van der Waals surface area contributed by atoms with Gasteiger partial charge in [0.25, 0.3) is 0 Å². The molecule has 0 spiro atoms. The van der Waals surface area contributed by atoms with Gasteiger partial charge < -0.3 is 0 Å². The van der Waals surface area contributed by atoms with Gasteiger partial charge in [0.05, 0.1) is 0 Å². The quantitative estimate of drug-likeness (QED) is 0.346. The van der Waals surface area contributed by atoms with Crippen LogP contribution in [0.5, 0.6) is 0 Å². The van der Waals surface area contributed by atoms with Crippen molar-refractivity contribution in [2.24, 2.45) is 0 Å². The fourth-order valence-corrected chi connectivity index (χ4v) is 2.66. The summed E-state index contributed by atoms with van der Waals surface area (Å²) in [6.45, 7) is 2.26. The van der Waals surface area contributed by atoms with Crippen LogP contribution < -0.4 is 0 Å². The molecule has 0 saturated carbocycles. The van der Waals surface area contributed by atoms with Crippen LogP contribution >= 0.6 is 12.6 Å². The summed E-state index contributed by atoms with van der Waals surface area (Å²) in [5.41, 5.74) is 1.10. The molecule has 114 valence electrons. The summed E-state index contributed by atoms with van der Waals surface area (Å²) in [5, 5.41) is 0. The molecule has 0 heterocycles. The third kappa shape index (κ3) is 7.94. The molecule has 0 aromatic heterocycles. The molecule has 1 aromatic carbocycles. The van der Waals surface area contributed by atoms with E-state index in [-0.39, 0.29) is 5.82 Å². The lowest BCUT2D eigenvalue weighted by atomic mass is 10.0. The van der Waals surface area contributed by atoms with Crippen LogP contribution in [0.15, 0.2) is 23.1 Å². The maximum atomic E-state index is 13.3. The molecule has 20 heavy (non-hydrogen) atoms. The number of aryl methyl sites for hydroxylation is 1. The van der Waals surface area contributed by atoms with Crippen LogP contribution in [0.2, 0.25) is 0 Å². The molecule has 0 unspecified atom stereocenters. The summed E-state index contributed by atoms with van der Waals surface area (Å²) in [6.07, 6.45) is 14.4. The molecule has 0 amide bonds. The van der Waals surface area contributed by atoms with Crippen molar-refractivity contribution in [3.05, 3.63) is 29.6 Å². The molecular formula is C18H29FS. The van der Waals surface area contributed by atoms with E-state index in [0.717, 1.165) is 12.0 Å². The van der Waals surface area contributed by atoms with E-state index in [2.05, 4.69) is 19.6 Å². The SMILES string of the molecule is CCCCCCCCCCCCc1ccc(S)c(F)c1. The standard InChI is InChI=1S/C18H29FS/c1-2-3-4-5-6-7-8-9-10-11-12-16-13-14-18(20)17(19)15-16/h13-15,20H,2-12H2,1H3. The van der Waals surface area contributed by atoms with Gasteiger partial charge in [-0.3, -0.25) is 0 Å². The topological polar surface area (TPSA) is 0 Å². The highest BCUT2D eigenvalue weighted by atomic mass is 32.1. The minimum Gasteiger partial charge on any atom is -0.206 e. The summed E-state index contributed by atoms with van der Waals surface area (Å²) in [5.74, 6) is -0.196. The van der Waals surface area contributed by atoms with Crippen LogP contribution in [0.4, 0.5) is 4.39 Å². The molecule has 2 heteroatoms. The lowest BCUT2D eigenvalue weighted by Gasteiger charge is -2.04. The molecule has 0 aliphatic carbocycles. The number of thiol groups is 1. The highest BCUT2D eigenvalue weighted by molar-refractivity contribution is 7.80. The smallest absolute Gasteiger partial charge is 0.136 e. The van der Waals surface area contributed by atoms with Gasteiger partial charge in [-0.15, -0.1) is 12.6 Å². The lowest BCUT2D eigenvalue weighted by molar-refractivity contribution is 0.555. The Morgan fingerprint density at radius 3 is 1.95 bits per heavy atom. The van der Waals surface area contributed by atoms with E-state index >= 15 is 0 Å². The lowest BCUT2D eigenvalue weighted by Crippen LogP contribution is -1.89. The van der Waals surface area contributed by atoms with Crippen LogP contribution in [0.1, 0.15) is 76.7 Å². The van der Waals surface area contributed by atoms with Crippen LogP contribution in [-0.2, 0) is 6.42 Å². The van der Waals surface area contributed by atoms with Gasteiger partial charge >= 0.3 is 0 Å². The molecule has 0 fully saturated rings. The van der Waals surface area contributed by atoms with Gasteiger partial charge in [0.2, 0.25) is 0 Å².